The van der Waals surface area contributed by atoms with Crippen molar-refractivity contribution in [2.75, 3.05) is 13.7 Å². The molecule has 94 valence electrons. The van der Waals surface area contributed by atoms with Crippen LogP contribution in [0, 0.1) is 0 Å². The SMILES string of the molecule is COCC(=O)NC(C)c1ccc2ccccc2c1. The molecule has 0 aliphatic carbocycles. The monoisotopic (exact) mass is 243 g/mol. The van der Waals surface area contributed by atoms with E-state index in [0.29, 0.717) is 0 Å². The van der Waals surface area contributed by atoms with Crippen molar-refractivity contribution in [3.63, 3.8) is 0 Å². The van der Waals surface area contributed by atoms with Crippen LogP contribution < -0.4 is 5.32 Å². The molecule has 1 N–H and O–H groups in total. The lowest BCUT2D eigenvalue weighted by Crippen LogP contribution is -2.29. The van der Waals surface area contributed by atoms with Crippen molar-refractivity contribution in [3.8, 4) is 0 Å². The summed E-state index contributed by atoms with van der Waals surface area (Å²) in [6, 6.07) is 14.4. The summed E-state index contributed by atoms with van der Waals surface area (Å²) in [5, 5.41) is 5.29. The van der Waals surface area contributed by atoms with Crippen molar-refractivity contribution < 1.29 is 9.53 Å². The van der Waals surface area contributed by atoms with Gasteiger partial charge in [0.15, 0.2) is 0 Å². The van der Waals surface area contributed by atoms with Crippen LogP contribution in [0.1, 0.15) is 18.5 Å². The topological polar surface area (TPSA) is 38.3 Å². The second-order valence-electron chi connectivity index (χ2n) is 4.33. The molecule has 0 bridgehead atoms. The molecular weight excluding hydrogens is 226 g/mol. The minimum Gasteiger partial charge on any atom is -0.375 e. The molecule has 0 radical (unpaired) electrons. The molecule has 2 aromatic carbocycles. The summed E-state index contributed by atoms with van der Waals surface area (Å²) in [6.07, 6.45) is 0. The molecule has 0 fully saturated rings. The van der Waals surface area contributed by atoms with Gasteiger partial charge in [0.05, 0.1) is 6.04 Å². The molecule has 0 aliphatic rings. The van der Waals surface area contributed by atoms with Crippen molar-refractivity contribution in [3.05, 3.63) is 48.0 Å². The van der Waals surface area contributed by atoms with Crippen molar-refractivity contribution >= 4 is 16.7 Å². The first-order chi connectivity index (χ1) is 8.70. The zero-order chi connectivity index (χ0) is 13.0. The van der Waals surface area contributed by atoms with Crippen LogP contribution in [0.15, 0.2) is 42.5 Å². The fourth-order valence-corrected chi connectivity index (χ4v) is 1.97. The Hall–Kier alpha value is -1.87. The maximum absolute atomic E-state index is 11.5. The van der Waals surface area contributed by atoms with Crippen LogP contribution in [0.2, 0.25) is 0 Å². The number of ether oxygens (including phenoxy) is 1. The summed E-state index contributed by atoms with van der Waals surface area (Å²) in [5.74, 6) is -0.0989. The van der Waals surface area contributed by atoms with Crippen LogP contribution in [0.25, 0.3) is 10.8 Å². The molecule has 0 aromatic heterocycles. The molecule has 18 heavy (non-hydrogen) atoms. The number of rotatable bonds is 4. The fourth-order valence-electron chi connectivity index (χ4n) is 1.97. The number of carbonyl (C=O) groups excluding carboxylic acids is 1. The average Bonchev–Trinajstić information content (AvgIpc) is 2.38. The van der Waals surface area contributed by atoms with Crippen LogP contribution in [0.4, 0.5) is 0 Å². The number of nitrogens with one attached hydrogen (secondary N) is 1. The number of fused-ring (bicyclic) bond motifs is 1. The van der Waals surface area contributed by atoms with E-state index in [-0.39, 0.29) is 18.6 Å². The van der Waals surface area contributed by atoms with E-state index in [2.05, 4.69) is 29.6 Å². The van der Waals surface area contributed by atoms with Gasteiger partial charge in [-0.15, -0.1) is 0 Å². The number of carbonyl (C=O) groups is 1. The Morgan fingerprint density at radius 3 is 2.67 bits per heavy atom. The fraction of sp³-hybridized carbons (Fsp3) is 0.267. The number of benzene rings is 2. The third kappa shape index (κ3) is 2.87. The Kier molecular flexibility index (Phi) is 3.95. The van der Waals surface area contributed by atoms with Gasteiger partial charge in [-0.05, 0) is 29.3 Å². The zero-order valence-electron chi connectivity index (χ0n) is 10.6. The molecule has 0 heterocycles. The second-order valence-corrected chi connectivity index (χ2v) is 4.33. The number of hydrogen-bond donors (Lipinski definition) is 1. The van der Waals surface area contributed by atoms with Crippen molar-refractivity contribution in [2.45, 2.75) is 13.0 Å². The molecule has 2 aromatic rings. The van der Waals surface area contributed by atoms with Crippen molar-refractivity contribution in [2.24, 2.45) is 0 Å². The molecule has 1 atom stereocenters. The smallest absolute Gasteiger partial charge is 0.246 e. The summed E-state index contributed by atoms with van der Waals surface area (Å²) in [4.78, 5) is 11.5. The Labute approximate surface area is 107 Å². The quantitative estimate of drug-likeness (QED) is 0.896. The van der Waals surface area contributed by atoms with Crippen LogP contribution >= 0.6 is 0 Å². The molecule has 0 saturated heterocycles. The van der Waals surface area contributed by atoms with E-state index in [1.807, 2.05) is 25.1 Å². The average molecular weight is 243 g/mol. The van der Waals surface area contributed by atoms with Gasteiger partial charge in [0.2, 0.25) is 5.91 Å². The first-order valence-electron chi connectivity index (χ1n) is 5.97. The van der Waals surface area contributed by atoms with Gasteiger partial charge < -0.3 is 10.1 Å². The normalized spacial score (nSPS) is 12.3. The van der Waals surface area contributed by atoms with Gasteiger partial charge in [-0.1, -0.05) is 36.4 Å². The van der Waals surface area contributed by atoms with Crippen molar-refractivity contribution in [1.29, 1.82) is 0 Å². The predicted molar refractivity (Wildman–Crippen MR) is 72.4 cm³/mol. The van der Waals surface area contributed by atoms with Gasteiger partial charge in [-0.3, -0.25) is 4.79 Å². The van der Waals surface area contributed by atoms with Crippen LogP contribution in [-0.2, 0) is 9.53 Å². The lowest BCUT2D eigenvalue weighted by Gasteiger charge is -2.14. The van der Waals surface area contributed by atoms with E-state index in [0.717, 1.165) is 5.56 Å². The van der Waals surface area contributed by atoms with Gasteiger partial charge in [0.25, 0.3) is 0 Å². The Morgan fingerprint density at radius 1 is 1.22 bits per heavy atom. The summed E-state index contributed by atoms with van der Waals surface area (Å²) < 4.78 is 4.80. The standard InChI is InChI=1S/C15H17NO2/c1-11(16-15(17)10-18-2)13-8-7-12-5-3-4-6-14(12)9-13/h3-9,11H,10H2,1-2H3,(H,16,17). The molecule has 2 rings (SSSR count). The van der Waals surface area contributed by atoms with E-state index >= 15 is 0 Å². The molecule has 3 heteroatoms. The van der Waals surface area contributed by atoms with Crippen molar-refractivity contribution in [1.82, 2.24) is 5.32 Å². The summed E-state index contributed by atoms with van der Waals surface area (Å²) >= 11 is 0. The largest absolute Gasteiger partial charge is 0.375 e. The lowest BCUT2D eigenvalue weighted by molar-refractivity contribution is -0.125. The highest BCUT2D eigenvalue weighted by Gasteiger charge is 2.09. The Morgan fingerprint density at radius 2 is 1.94 bits per heavy atom. The van der Waals surface area contributed by atoms with Gasteiger partial charge in [0.1, 0.15) is 6.61 Å². The van der Waals surface area contributed by atoms with E-state index in [1.54, 1.807) is 0 Å². The molecule has 1 amide bonds. The maximum Gasteiger partial charge on any atom is 0.246 e. The summed E-state index contributed by atoms with van der Waals surface area (Å²) in [5.41, 5.74) is 1.10. The number of amides is 1. The third-order valence-corrected chi connectivity index (χ3v) is 2.93. The highest BCUT2D eigenvalue weighted by atomic mass is 16.5. The molecular formula is C15H17NO2. The van der Waals surface area contributed by atoms with Gasteiger partial charge in [0, 0.05) is 7.11 Å². The van der Waals surface area contributed by atoms with Gasteiger partial charge >= 0.3 is 0 Å². The number of hydrogen-bond acceptors (Lipinski definition) is 2. The third-order valence-electron chi connectivity index (χ3n) is 2.93. The first kappa shape index (κ1) is 12.6. The minimum atomic E-state index is -0.0989. The molecule has 0 spiro atoms. The van der Waals surface area contributed by atoms with Crippen LogP contribution in [0.3, 0.4) is 0 Å². The lowest BCUT2D eigenvalue weighted by atomic mass is 10.0. The highest BCUT2D eigenvalue weighted by molar-refractivity contribution is 5.83. The van der Waals surface area contributed by atoms with Crippen LogP contribution in [-0.4, -0.2) is 19.6 Å². The minimum absolute atomic E-state index is 0.0164. The molecule has 0 saturated carbocycles. The Bertz CT molecular complexity index is 551. The second kappa shape index (κ2) is 5.65. The maximum atomic E-state index is 11.5. The highest BCUT2D eigenvalue weighted by Crippen LogP contribution is 2.20. The first-order valence-corrected chi connectivity index (χ1v) is 5.97. The molecule has 3 nitrogen and oxygen atoms in total. The van der Waals surface area contributed by atoms with Gasteiger partial charge in [-0.25, -0.2) is 0 Å². The molecule has 0 aliphatic heterocycles. The van der Waals surface area contributed by atoms with Gasteiger partial charge in [-0.2, -0.15) is 0 Å². The van der Waals surface area contributed by atoms with E-state index in [1.165, 1.54) is 17.9 Å². The Balaban J connectivity index is 2.17. The molecule has 1 unspecified atom stereocenters. The van der Waals surface area contributed by atoms with E-state index < -0.39 is 0 Å². The van der Waals surface area contributed by atoms with E-state index in [4.69, 9.17) is 4.74 Å². The van der Waals surface area contributed by atoms with E-state index in [9.17, 15) is 4.79 Å². The summed E-state index contributed by atoms with van der Waals surface area (Å²) in [7, 11) is 1.51. The van der Waals surface area contributed by atoms with Crippen LogP contribution in [0.5, 0.6) is 0 Å². The summed E-state index contributed by atoms with van der Waals surface area (Å²) in [6.45, 7) is 2.07. The number of methoxy groups -OCH3 is 1. The zero-order valence-corrected chi connectivity index (χ0v) is 10.6. The predicted octanol–water partition coefficient (Wildman–Crippen LogP) is 2.66.